The average Bonchev–Trinajstić information content (AvgIpc) is 2.98. The van der Waals surface area contributed by atoms with Crippen LogP contribution in [-0.4, -0.2) is 61.9 Å². The van der Waals surface area contributed by atoms with E-state index in [2.05, 4.69) is 15.2 Å². The number of anilines is 1. The van der Waals surface area contributed by atoms with Gasteiger partial charge in [0.25, 0.3) is 0 Å². The summed E-state index contributed by atoms with van der Waals surface area (Å²) in [6.07, 6.45) is 4.93. The molecule has 2 aliphatic heterocycles. The third-order valence-electron chi connectivity index (χ3n) is 4.36. The third kappa shape index (κ3) is 4.10. The fourth-order valence-corrected chi connectivity index (χ4v) is 3.67. The second-order valence-corrected chi connectivity index (χ2v) is 6.76. The summed E-state index contributed by atoms with van der Waals surface area (Å²) in [4.78, 5) is 20.9. The maximum absolute atomic E-state index is 12.3. The molecule has 22 heavy (non-hydrogen) atoms. The predicted octanol–water partition coefficient (Wildman–Crippen LogP) is 1.79. The quantitative estimate of drug-likeness (QED) is 0.921. The first kappa shape index (κ1) is 15.6. The zero-order valence-corrected chi connectivity index (χ0v) is 13.7. The number of ether oxygens (including phenoxy) is 1. The SMILES string of the molecule is O=C(NCC1CCOCC1)N1CCCN(c2nccs2)CC1. The largest absolute Gasteiger partial charge is 0.381 e. The van der Waals surface area contributed by atoms with Crippen LogP contribution in [0.1, 0.15) is 19.3 Å². The number of carbonyl (C=O) groups is 1. The normalized spacial score (nSPS) is 20.7. The van der Waals surface area contributed by atoms with Gasteiger partial charge in [0.1, 0.15) is 0 Å². The summed E-state index contributed by atoms with van der Waals surface area (Å²) in [5.41, 5.74) is 0. The van der Waals surface area contributed by atoms with E-state index in [4.69, 9.17) is 4.74 Å². The van der Waals surface area contributed by atoms with Crippen LogP contribution in [-0.2, 0) is 4.74 Å². The van der Waals surface area contributed by atoms with Gasteiger partial charge in [0.05, 0.1) is 0 Å². The van der Waals surface area contributed by atoms with Crippen LogP contribution in [0, 0.1) is 5.92 Å². The Morgan fingerprint density at radius 1 is 1.32 bits per heavy atom. The number of aromatic nitrogens is 1. The molecule has 6 nitrogen and oxygen atoms in total. The Morgan fingerprint density at radius 3 is 2.95 bits per heavy atom. The summed E-state index contributed by atoms with van der Waals surface area (Å²) in [6, 6.07) is 0.0764. The Bertz CT molecular complexity index is 462. The molecule has 2 saturated heterocycles. The molecule has 0 bridgehead atoms. The minimum absolute atomic E-state index is 0.0764. The van der Waals surface area contributed by atoms with E-state index in [0.717, 1.165) is 70.3 Å². The highest BCUT2D eigenvalue weighted by molar-refractivity contribution is 7.13. The molecule has 0 unspecified atom stereocenters. The number of thiazole rings is 1. The lowest BCUT2D eigenvalue weighted by molar-refractivity contribution is 0.0664. The van der Waals surface area contributed by atoms with E-state index in [1.54, 1.807) is 11.3 Å². The number of urea groups is 1. The van der Waals surface area contributed by atoms with E-state index in [-0.39, 0.29) is 6.03 Å². The van der Waals surface area contributed by atoms with Crippen molar-refractivity contribution in [2.75, 3.05) is 50.8 Å². The number of carbonyl (C=O) groups excluding carboxylic acids is 1. The standard InChI is InChI=1S/C15H24N4O2S/c20-14(17-12-13-2-9-21-10-3-13)18-5-1-6-19(8-7-18)15-16-4-11-22-15/h4,11,13H,1-3,5-10,12H2,(H,17,20). The first-order chi connectivity index (χ1) is 10.8. The molecule has 122 valence electrons. The predicted molar refractivity (Wildman–Crippen MR) is 87.5 cm³/mol. The van der Waals surface area contributed by atoms with Crippen LogP contribution in [0.5, 0.6) is 0 Å². The maximum atomic E-state index is 12.3. The monoisotopic (exact) mass is 324 g/mol. The summed E-state index contributed by atoms with van der Waals surface area (Å²) in [5.74, 6) is 0.566. The Morgan fingerprint density at radius 2 is 2.18 bits per heavy atom. The molecule has 0 radical (unpaired) electrons. The fraction of sp³-hybridized carbons (Fsp3) is 0.733. The summed E-state index contributed by atoms with van der Waals surface area (Å²) >= 11 is 1.66. The fourth-order valence-electron chi connectivity index (χ4n) is 2.98. The van der Waals surface area contributed by atoms with Crippen molar-refractivity contribution in [3.8, 4) is 0 Å². The minimum Gasteiger partial charge on any atom is -0.381 e. The van der Waals surface area contributed by atoms with Crippen molar-refractivity contribution in [3.05, 3.63) is 11.6 Å². The molecule has 1 aromatic heterocycles. The number of nitrogens with zero attached hydrogens (tertiary/aromatic N) is 3. The van der Waals surface area contributed by atoms with E-state index in [1.807, 2.05) is 16.5 Å². The molecular formula is C15H24N4O2S. The van der Waals surface area contributed by atoms with Crippen LogP contribution >= 0.6 is 11.3 Å². The summed E-state index contributed by atoms with van der Waals surface area (Å²) < 4.78 is 5.35. The topological polar surface area (TPSA) is 57.7 Å². The van der Waals surface area contributed by atoms with E-state index in [1.165, 1.54) is 0 Å². The van der Waals surface area contributed by atoms with Gasteiger partial charge in [-0.1, -0.05) is 0 Å². The van der Waals surface area contributed by atoms with Crippen molar-refractivity contribution in [1.82, 2.24) is 15.2 Å². The minimum atomic E-state index is 0.0764. The lowest BCUT2D eigenvalue weighted by atomic mass is 10.0. The third-order valence-corrected chi connectivity index (χ3v) is 5.19. The van der Waals surface area contributed by atoms with Gasteiger partial charge in [0, 0.05) is 57.5 Å². The summed E-state index contributed by atoms with van der Waals surface area (Å²) in [5, 5.41) is 6.16. The molecule has 0 spiro atoms. The lowest BCUT2D eigenvalue weighted by Gasteiger charge is -2.25. The molecule has 1 N–H and O–H groups in total. The van der Waals surface area contributed by atoms with Crippen LogP contribution in [0.4, 0.5) is 9.93 Å². The van der Waals surface area contributed by atoms with Crippen molar-refractivity contribution in [3.63, 3.8) is 0 Å². The maximum Gasteiger partial charge on any atom is 0.317 e. The van der Waals surface area contributed by atoms with Gasteiger partial charge >= 0.3 is 6.03 Å². The van der Waals surface area contributed by atoms with Crippen LogP contribution in [0.3, 0.4) is 0 Å². The molecule has 0 aromatic carbocycles. The van der Waals surface area contributed by atoms with Gasteiger partial charge in [0.2, 0.25) is 0 Å². The van der Waals surface area contributed by atoms with E-state index < -0.39 is 0 Å². The van der Waals surface area contributed by atoms with Crippen molar-refractivity contribution in [2.45, 2.75) is 19.3 Å². The number of hydrogen-bond donors (Lipinski definition) is 1. The van der Waals surface area contributed by atoms with Gasteiger partial charge in [-0.25, -0.2) is 9.78 Å². The molecule has 2 fully saturated rings. The van der Waals surface area contributed by atoms with Gasteiger partial charge in [-0.05, 0) is 25.2 Å². The second-order valence-electron chi connectivity index (χ2n) is 5.88. The molecule has 7 heteroatoms. The van der Waals surface area contributed by atoms with E-state index in [9.17, 15) is 4.79 Å². The Hall–Kier alpha value is -1.34. The van der Waals surface area contributed by atoms with Gasteiger partial charge in [-0.15, -0.1) is 11.3 Å². The smallest absolute Gasteiger partial charge is 0.317 e. The zero-order chi connectivity index (χ0) is 15.2. The number of amides is 2. The number of nitrogens with one attached hydrogen (secondary N) is 1. The van der Waals surface area contributed by atoms with Crippen LogP contribution in [0.15, 0.2) is 11.6 Å². The zero-order valence-electron chi connectivity index (χ0n) is 12.9. The van der Waals surface area contributed by atoms with Crippen molar-refractivity contribution >= 4 is 22.5 Å². The highest BCUT2D eigenvalue weighted by atomic mass is 32.1. The van der Waals surface area contributed by atoms with Gasteiger partial charge in [0.15, 0.2) is 5.13 Å². The van der Waals surface area contributed by atoms with Crippen LogP contribution in [0.2, 0.25) is 0 Å². The second kappa shape index (κ2) is 7.78. The van der Waals surface area contributed by atoms with Crippen molar-refractivity contribution in [1.29, 1.82) is 0 Å². The molecular weight excluding hydrogens is 300 g/mol. The summed E-state index contributed by atoms with van der Waals surface area (Å²) in [6.45, 7) is 5.84. The van der Waals surface area contributed by atoms with Crippen LogP contribution < -0.4 is 10.2 Å². The Balaban J connectivity index is 1.44. The average molecular weight is 324 g/mol. The highest BCUT2D eigenvalue weighted by Gasteiger charge is 2.21. The molecule has 0 aliphatic carbocycles. The molecule has 0 atom stereocenters. The summed E-state index contributed by atoms with van der Waals surface area (Å²) in [7, 11) is 0. The van der Waals surface area contributed by atoms with Crippen molar-refractivity contribution < 1.29 is 9.53 Å². The Labute approximate surface area is 135 Å². The number of rotatable bonds is 3. The Kier molecular flexibility index (Phi) is 5.50. The molecule has 0 saturated carbocycles. The number of hydrogen-bond acceptors (Lipinski definition) is 5. The van der Waals surface area contributed by atoms with E-state index in [0.29, 0.717) is 5.92 Å². The van der Waals surface area contributed by atoms with Gasteiger partial charge < -0.3 is 19.9 Å². The van der Waals surface area contributed by atoms with Gasteiger partial charge in [-0.2, -0.15) is 0 Å². The molecule has 2 amide bonds. The van der Waals surface area contributed by atoms with Crippen LogP contribution in [0.25, 0.3) is 0 Å². The molecule has 1 aromatic rings. The molecule has 2 aliphatic rings. The first-order valence-corrected chi connectivity index (χ1v) is 8.96. The molecule has 3 rings (SSSR count). The van der Waals surface area contributed by atoms with Gasteiger partial charge in [-0.3, -0.25) is 0 Å². The first-order valence-electron chi connectivity index (χ1n) is 8.08. The lowest BCUT2D eigenvalue weighted by Crippen LogP contribution is -2.44. The highest BCUT2D eigenvalue weighted by Crippen LogP contribution is 2.19. The van der Waals surface area contributed by atoms with E-state index >= 15 is 0 Å². The van der Waals surface area contributed by atoms with Crippen molar-refractivity contribution in [2.24, 2.45) is 5.92 Å². The molecule has 3 heterocycles.